The molecule has 0 saturated heterocycles. The molecule has 4 nitrogen and oxygen atoms in total. The van der Waals surface area contributed by atoms with Crippen LogP contribution < -0.4 is 0 Å². The minimum absolute atomic E-state index is 0.0356. The molecular weight excluding hydrogens is 259 g/mol. The maximum atomic E-state index is 13.6. The van der Waals surface area contributed by atoms with Gasteiger partial charge in [0.15, 0.2) is 0 Å². The van der Waals surface area contributed by atoms with E-state index in [9.17, 15) is 14.5 Å². The lowest BCUT2D eigenvalue weighted by molar-refractivity contribution is -0.384. The molecule has 20 heavy (non-hydrogen) atoms. The number of nitrogens with zero attached hydrogens (tertiary/aromatic N) is 2. The number of non-ortho nitro benzene ring substituents is 1. The summed E-state index contributed by atoms with van der Waals surface area (Å²) in [6, 6.07) is 13.6. The van der Waals surface area contributed by atoms with Crippen molar-refractivity contribution in [3.63, 3.8) is 0 Å². The first-order chi connectivity index (χ1) is 9.61. The van der Waals surface area contributed by atoms with Crippen LogP contribution in [0.1, 0.15) is 11.1 Å². The van der Waals surface area contributed by atoms with Crippen molar-refractivity contribution < 1.29 is 9.31 Å². The normalized spacial score (nSPS) is 10.9. The Bertz CT molecular complexity index is 715. The van der Waals surface area contributed by atoms with Gasteiger partial charge in [0.05, 0.1) is 16.6 Å². The lowest BCUT2D eigenvalue weighted by Crippen LogP contribution is -1.89. The summed E-state index contributed by atoms with van der Waals surface area (Å²) < 4.78 is 13.6. The van der Waals surface area contributed by atoms with Gasteiger partial charge in [-0.05, 0) is 29.8 Å². The lowest BCUT2D eigenvalue weighted by atomic mass is 10.0. The SMILES string of the molecule is N#CC(=Cc1ccc([N+](=O)[O-])cc1)c1ccccc1F. The van der Waals surface area contributed by atoms with E-state index in [1.807, 2.05) is 6.07 Å². The van der Waals surface area contributed by atoms with Crippen molar-refractivity contribution in [2.45, 2.75) is 0 Å². The number of rotatable bonds is 3. The van der Waals surface area contributed by atoms with E-state index in [0.29, 0.717) is 5.56 Å². The van der Waals surface area contributed by atoms with E-state index in [4.69, 9.17) is 5.26 Å². The van der Waals surface area contributed by atoms with Crippen LogP contribution in [-0.2, 0) is 0 Å². The molecule has 0 aromatic heterocycles. The summed E-state index contributed by atoms with van der Waals surface area (Å²) in [6.45, 7) is 0. The molecule has 98 valence electrons. The zero-order chi connectivity index (χ0) is 14.5. The third-order valence-electron chi connectivity index (χ3n) is 2.70. The average molecular weight is 268 g/mol. The predicted molar refractivity (Wildman–Crippen MR) is 73.0 cm³/mol. The first-order valence-electron chi connectivity index (χ1n) is 5.73. The third-order valence-corrected chi connectivity index (χ3v) is 2.70. The Hall–Kier alpha value is -3.00. The van der Waals surface area contributed by atoms with Gasteiger partial charge in [0.2, 0.25) is 0 Å². The smallest absolute Gasteiger partial charge is 0.258 e. The quantitative estimate of drug-likeness (QED) is 0.368. The van der Waals surface area contributed by atoms with E-state index in [1.165, 1.54) is 42.5 Å². The second-order valence-corrected chi connectivity index (χ2v) is 4.00. The standard InChI is InChI=1S/C15H9FN2O2/c16-15-4-2-1-3-14(15)12(10-17)9-11-5-7-13(8-6-11)18(19)20/h1-9H. The summed E-state index contributed by atoms with van der Waals surface area (Å²) in [6.07, 6.45) is 1.49. The summed E-state index contributed by atoms with van der Waals surface area (Å²) in [4.78, 5) is 10.0. The number of hydrogen-bond acceptors (Lipinski definition) is 3. The number of halogens is 1. The van der Waals surface area contributed by atoms with E-state index in [2.05, 4.69) is 0 Å². The van der Waals surface area contributed by atoms with Crippen molar-refractivity contribution in [2.24, 2.45) is 0 Å². The lowest BCUT2D eigenvalue weighted by Gasteiger charge is -2.01. The van der Waals surface area contributed by atoms with Crippen molar-refractivity contribution in [1.29, 1.82) is 5.26 Å². The molecule has 0 aliphatic carbocycles. The van der Waals surface area contributed by atoms with Crippen molar-refractivity contribution >= 4 is 17.3 Å². The van der Waals surface area contributed by atoms with Crippen molar-refractivity contribution in [3.05, 3.63) is 75.6 Å². The fourth-order valence-corrected chi connectivity index (χ4v) is 1.71. The Morgan fingerprint density at radius 1 is 1.20 bits per heavy atom. The second kappa shape index (κ2) is 5.76. The number of hydrogen-bond donors (Lipinski definition) is 0. The van der Waals surface area contributed by atoms with Crippen LogP contribution in [0.2, 0.25) is 0 Å². The summed E-state index contributed by atoms with van der Waals surface area (Å²) in [5, 5.41) is 19.7. The summed E-state index contributed by atoms with van der Waals surface area (Å²) in [5.74, 6) is -0.484. The highest BCUT2D eigenvalue weighted by molar-refractivity contribution is 5.89. The first-order valence-corrected chi connectivity index (χ1v) is 5.73. The zero-order valence-electron chi connectivity index (χ0n) is 10.3. The molecule has 0 spiro atoms. The maximum absolute atomic E-state index is 13.6. The maximum Gasteiger partial charge on any atom is 0.269 e. The molecule has 0 atom stereocenters. The zero-order valence-corrected chi connectivity index (χ0v) is 10.3. The molecular formula is C15H9FN2O2. The van der Waals surface area contributed by atoms with Crippen LogP contribution in [0.3, 0.4) is 0 Å². The van der Waals surface area contributed by atoms with Gasteiger partial charge in [0.1, 0.15) is 5.82 Å². The van der Waals surface area contributed by atoms with Gasteiger partial charge in [-0.3, -0.25) is 10.1 Å². The van der Waals surface area contributed by atoms with E-state index < -0.39 is 10.7 Å². The second-order valence-electron chi connectivity index (χ2n) is 4.00. The minimum Gasteiger partial charge on any atom is -0.258 e. The van der Waals surface area contributed by atoms with E-state index in [0.717, 1.165) is 0 Å². The van der Waals surface area contributed by atoms with Gasteiger partial charge in [-0.25, -0.2) is 4.39 Å². The molecule has 0 unspecified atom stereocenters. The van der Waals surface area contributed by atoms with Crippen LogP contribution in [0.15, 0.2) is 48.5 Å². The molecule has 0 bridgehead atoms. The van der Waals surface area contributed by atoms with Gasteiger partial charge in [-0.2, -0.15) is 5.26 Å². The Morgan fingerprint density at radius 2 is 1.85 bits per heavy atom. The number of nitro groups is 1. The van der Waals surface area contributed by atoms with Crippen molar-refractivity contribution in [2.75, 3.05) is 0 Å². The van der Waals surface area contributed by atoms with E-state index >= 15 is 0 Å². The van der Waals surface area contributed by atoms with Crippen molar-refractivity contribution in [3.8, 4) is 6.07 Å². The fourth-order valence-electron chi connectivity index (χ4n) is 1.71. The van der Waals surface area contributed by atoms with Gasteiger partial charge in [-0.1, -0.05) is 18.2 Å². The molecule has 2 rings (SSSR count). The molecule has 0 fully saturated rings. The molecule has 0 N–H and O–H groups in total. The van der Waals surface area contributed by atoms with Crippen LogP contribution in [0.5, 0.6) is 0 Å². The van der Waals surface area contributed by atoms with Crippen molar-refractivity contribution in [1.82, 2.24) is 0 Å². The van der Waals surface area contributed by atoms with Crippen LogP contribution in [0, 0.1) is 27.3 Å². The van der Waals surface area contributed by atoms with E-state index in [1.54, 1.807) is 12.1 Å². The highest BCUT2D eigenvalue weighted by atomic mass is 19.1. The average Bonchev–Trinajstić information content (AvgIpc) is 2.46. The van der Waals surface area contributed by atoms with E-state index in [-0.39, 0.29) is 16.8 Å². The Morgan fingerprint density at radius 3 is 2.40 bits per heavy atom. The summed E-state index contributed by atoms with van der Waals surface area (Å²) in [7, 11) is 0. The van der Waals surface area contributed by atoms with Gasteiger partial charge in [0.25, 0.3) is 5.69 Å². The molecule has 0 amide bonds. The molecule has 0 saturated carbocycles. The van der Waals surface area contributed by atoms with Crippen LogP contribution in [0.25, 0.3) is 11.6 Å². The van der Waals surface area contributed by atoms with Gasteiger partial charge in [0, 0.05) is 17.7 Å². The van der Waals surface area contributed by atoms with Gasteiger partial charge >= 0.3 is 0 Å². The molecule has 0 radical (unpaired) electrons. The summed E-state index contributed by atoms with van der Waals surface area (Å²) >= 11 is 0. The predicted octanol–water partition coefficient (Wildman–Crippen LogP) is 3.80. The number of benzene rings is 2. The van der Waals surface area contributed by atoms with Crippen LogP contribution in [0.4, 0.5) is 10.1 Å². The molecule has 0 aliphatic heterocycles. The Kier molecular flexibility index (Phi) is 3.87. The minimum atomic E-state index is -0.504. The Balaban J connectivity index is 2.40. The summed E-state index contributed by atoms with van der Waals surface area (Å²) in [5.41, 5.74) is 0.923. The monoisotopic (exact) mass is 268 g/mol. The van der Waals surface area contributed by atoms with Crippen LogP contribution in [-0.4, -0.2) is 4.92 Å². The molecule has 0 heterocycles. The number of allylic oxidation sites excluding steroid dienone is 1. The van der Waals surface area contributed by atoms with Gasteiger partial charge in [-0.15, -0.1) is 0 Å². The first kappa shape index (κ1) is 13.4. The highest BCUT2D eigenvalue weighted by Crippen LogP contribution is 2.21. The Labute approximate surface area is 114 Å². The largest absolute Gasteiger partial charge is 0.269 e. The topological polar surface area (TPSA) is 66.9 Å². The van der Waals surface area contributed by atoms with Gasteiger partial charge < -0.3 is 0 Å². The molecule has 2 aromatic carbocycles. The molecule has 2 aromatic rings. The number of nitriles is 1. The molecule has 0 aliphatic rings. The molecule has 5 heteroatoms. The number of nitro benzene ring substituents is 1. The third kappa shape index (κ3) is 2.87. The fraction of sp³-hybridized carbons (Fsp3) is 0. The van der Waals surface area contributed by atoms with Crippen LogP contribution >= 0.6 is 0 Å². The highest BCUT2D eigenvalue weighted by Gasteiger charge is 2.08.